The zero-order valence-electron chi connectivity index (χ0n) is 15.4. The maximum Gasteiger partial charge on any atom is 0.193 e. The molecule has 1 aromatic carbocycles. The third-order valence-corrected chi connectivity index (χ3v) is 4.89. The first-order valence-electron chi connectivity index (χ1n) is 9.43. The highest BCUT2D eigenvalue weighted by Crippen LogP contribution is 2.15. The van der Waals surface area contributed by atoms with Crippen molar-refractivity contribution in [3.8, 4) is 0 Å². The van der Waals surface area contributed by atoms with E-state index < -0.39 is 0 Å². The van der Waals surface area contributed by atoms with Crippen molar-refractivity contribution in [1.29, 1.82) is 0 Å². The summed E-state index contributed by atoms with van der Waals surface area (Å²) in [5, 5.41) is 4.83. The van der Waals surface area contributed by atoms with Crippen molar-refractivity contribution >= 4 is 16.9 Å². The molecule has 5 heteroatoms. The highest BCUT2D eigenvalue weighted by molar-refractivity contribution is 5.80. The van der Waals surface area contributed by atoms with Gasteiger partial charge in [-0.05, 0) is 43.7 Å². The second kappa shape index (κ2) is 8.90. The van der Waals surface area contributed by atoms with Gasteiger partial charge in [0.15, 0.2) is 5.96 Å². The molecular weight excluding hydrogens is 312 g/mol. The predicted molar refractivity (Wildman–Crippen MR) is 104 cm³/mol. The minimum absolute atomic E-state index is 0.418. The smallest absolute Gasteiger partial charge is 0.193 e. The zero-order chi connectivity index (χ0) is 17.5. The van der Waals surface area contributed by atoms with Crippen LogP contribution in [0.15, 0.2) is 41.5 Å². The minimum Gasteiger partial charge on any atom is -0.378 e. The summed E-state index contributed by atoms with van der Waals surface area (Å²) in [6.07, 6.45) is 5.85. The number of aliphatic imine (C=N–C) groups is 1. The molecule has 1 saturated heterocycles. The van der Waals surface area contributed by atoms with Gasteiger partial charge in [0.05, 0.1) is 6.10 Å². The van der Waals surface area contributed by atoms with Crippen molar-refractivity contribution < 1.29 is 4.74 Å². The second-order valence-corrected chi connectivity index (χ2v) is 6.54. The number of guanidine groups is 1. The Morgan fingerprint density at radius 2 is 2.04 bits per heavy atom. The lowest BCUT2D eigenvalue weighted by Gasteiger charge is -2.34. The summed E-state index contributed by atoms with van der Waals surface area (Å²) in [5.41, 5.74) is 1.31. The SMILES string of the molecule is CCOC1CCN(C(=NC)NCCCn2ccc3ccccc32)CC1. The molecule has 1 aliphatic heterocycles. The van der Waals surface area contributed by atoms with E-state index in [1.165, 1.54) is 10.9 Å². The van der Waals surface area contributed by atoms with Crippen LogP contribution in [-0.4, -0.2) is 54.8 Å². The molecule has 25 heavy (non-hydrogen) atoms. The van der Waals surface area contributed by atoms with Crippen LogP contribution in [-0.2, 0) is 11.3 Å². The van der Waals surface area contributed by atoms with Gasteiger partial charge in [0, 0.05) is 51.5 Å². The first-order valence-corrected chi connectivity index (χ1v) is 9.43. The van der Waals surface area contributed by atoms with E-state index in [0.717, 1.165) is 58.0 Å². The fourth-order valence-corrected chi connectivity index (χ4v) is 3.59. The number of hydrogen-bond donors (Lipinski definition) is 1. The molecule has 136 valence electrons. The Morgan fingerprint density at radius 1 is 1.24 bits per heavy atom. The summed E-state index contributed by atoms with van der Waals surface area (Å²) in [7, 11) is 1.87. The summed E-state index contributed by atoms with van der Waals surface area (Å²) in [6, 6.07) is 10.7. The van der Waals surface area contributed by atoms with E-state index in [4.69, 9.17) is 4.74 Å². The Hall–Kier alpha value is -2.01. The Labute approximate surface area is 150 Å². The van der Waals surface area contributed by atoms with Crippen LogP contribution in [0.25, 0.3) is 10.9 Å². The molecule has 1 N–H and O–H groups in total. The fourth-order valence-electron chi connectivity index (χ4n) is 3.59. The summed E-state index contributed by atoms with van der Waals surface area (Å²) in [5.74, 6) is 1.02. The molecule has 1 aliphatic rings. The van der Waals surface area contributed by atoms with Crippen molar-refractivity contribution in [3.63, 3.8) is 0 Å². The lowest BCUT2D eigenvalue weighted by Crippen LogP contribution is -2.47. The summed E-state index contributed by atoms with van der Waals surface area (Å²) in [6.45, 7) is 6.88. The quantitative estimate of drug-likeness (QED) is 0.498. The number of para-hydroxylation sites is 1. The monoisotopic (exact) mass is 342 g/mol. The van der Waals surface area contributed by atoms with Gasteiger partial charge in [0.25, 0.3) is 0 Å². The topological polar surface area (TPSA) is 41.8 Å². The summed E-state index contributed by atoms with van der Waals surface area (Å²) < 4.78 is 8.06. The number of piperidine rings is 1. The number of fused-ring (bicyclic) bond motifs is 1. The highest BCUT2D eigenvalue weighted by atomic mass is 16.5. The molecule has 0 aliphatic carbocycles. The minimum atomic E-state index is 0.418. The largest absolute Gasteiger partial charge is 0.378 e. The Balaban J connectivity index is 1.43. The summed E-state index contributed by atoms with van der Waals surface area (Å²) >= 11 is 0. The van der Waals surface area contributed by atoms with Gasteiger partial charge >= 0.3 is 0 Å². The van der Waals surface area contributed by atoms with Crippen molar-refractivity contribution in [2.75, 3.05) is 33.3 Å². The summed E-state index contributed by atoms with van der Waals surface area (Å²) in [4.78, 5) is 6.80. The van der Waals surface area contributed by atoms with Crippen LogP contribution in [0.4, 0.5) is 0 Å². The number of nitrogens with one attached hydrogen (secondary N) is 1. The number of nitrogens with zero attached hydrogens (tertiary/aromatic N) is 3. The Morgan fingerprint density at radius 3 is 2.80 bits per heavy atom. The highest BCUT2D eigenvalue weighted by Gasteiger charge is 2.21. The van der Waals surface area contributed by atoms with E-state index in [0.29, 0.717) is 6.10 Å². The van der Waals surface area contributed by atoms with Gasteiger partial charge in [-0.1, -0.05) is 18.2 Å². The molecule has 0 saturated carbocycles. The predicted octanol–water partition coefficient (Wildman–Crippen LogP) is 3.11. The van der Waals surface area contributed by atoms with Gasteiger partial charge in [-0.2, -0.15) is 0 Å². The van der Waals surface area contributed by atoms with Gasteiger partial charge in [0.1, 0.15) is 0 Å². The van der Waals surface area contributed by atoms with Crippen LogP contribution in [0.2, 0.25) is 0 Å². The van der Waals surface area contributed by atoms with E-state index in [1.807, 2.05) is 7.05 Å². The lowest BCUT2D eigenvalue weighted by molar-refractivity contribution is 0.0264. The van der Waals surface area contributed by atoms with Gasteiger partial charge in [-0.3, -0.25) is 4.99 Å². The maximum absolute atomic E-state index is 5.73. The number of aromatic nitrogens is 1. The lowest BCUT2D eigenvalue weighted by atomic mass is 10.1. The van der Waals surface area contributed by atoms with Crippen LogP contribution in [0, 0.1) is 0 Å². The average molecular weight is 342 g/mol. The number of aryl methyl sites for hydroxylation is 1. The van der Waals surface area contributed by atoms with Crippen molar-refractivity contribution in [2.45, 2.75) is 38.8 Å². The molecule has 0 unspecified atom stereocenters. The van der Waals surface area contributed by atoms with E-state index >= 15 is 0 Å². The number of hydrogen-bond acceptors (Lipinski definition) is 2. The standard InChI is InChI=1S/C20H30N4O/c1-3-25-18-10-15-24(16-11-18)20(21-2)22-12-6-13-23-14-9-17-7-4-5-8-19(17)23/h4-5,7-9,14,18H,3,6,10-13,15-16H2,1-2H3,(H,21,22). The third-order valence-electron chi connectivity index (χ3n) is 4.89. The van der Waals surface area contributed by atoms with Gasteiger partial charge < -0.3 is 19.5 Å². The van der Waals surface area contributed by atoms with E-state index in [9.17, 15) is 0 Å². The number of ether oxygens (including phenoxy) is 1. The molecule has 0 radical (unpaired) electrons. The Kier molecular flexibility index (Phi) is 6.34. The average Bonchev–Trinajstić information content (AvgIpc) is 3.06. The van der Waals surface area contributed by atoms with Crippen LogP contribution in [0.5, 0.6) is 0 Å². The number of benzene rings is 1. The van der Waals surface area contributed by atoms with E-state index in [-0.39, 0.29) is 0 Å². The second-order valence-electron chi connectivity index (χ2n) is 6.54. The van der Waals surface area contributed by atoms with Gasteiger partial charge in [-0.15, -0.1) is 0 Å². The first-order chi connectivity index (χ1) is 12.3. The van der Waals surface area contributed by atoms with E-state index in [2.05, 4.69) is 63.2 Å². The van der Waals surface area contributed by atoms with Gasteiger partial charge in [-0.25, -0.2) is 0 Å². The van der Waals surface area contributed by atoms with Crippen molar-refractivity contribution in [2.24, 2.45) is 4.99 Å². The molecule has 2 heterocycles. The van der Waals surface area contributed by atoms with E-state index in [1.54, 1.807) is 0 Å². The zero-order valence-corrected chi connectivity index (χ0v) is 15.4. The molecule has 0 atom stereocenters. The fraction of sp³-hybridized carbons (Fsp3) is 0.550. The number of rotatable bonds is 6. The molecule has 0 amide bonds. The first kappa shape index (κ1) is 17.8. The van der Waals surface area contributed by atoms with Crippen molar-refractivity contribution in [3.05, 3.63) is 36.5 Å². The molecular formula is C20H30N4O. The normalized spacial score (nSPS) is 16.6. The van der Waals surface area contributed by atoms with Crippen LogP contribution in [0.3, 0.4) is 0 Å². The van der Waals surface area contributed by atoms with Crippen molar-refractivity contribution in [1.82, 2.24) is 14.8 Å². The number of likely N-dealkylation sites (tertiary alicyclic amines) is 1. The van der Waals surface area contributed by atoms with Crippen LogP contribution < -0.4 is 5.32 Å². The molecule has 2 aromatic rings. The maximum atomic E-state index is 5.73. The van der Waals surface area contributed by atoms with Crippen LogP contribution in [0.1, 0.15) is 26.2 Å². The van der Waals surface area contributed by atoms with Crippen LogP contribution >= 0.6 is 0 Å². The molecule has 1 fully saturated rings. The molecule has 5 nitrogen and oxygen atoms in total. The van der Waals surface area contributed by atoms with Gasteiger partial charge in [0.2, 0.25) is 0 Å². The molecule has 3 rings (SSSR count). The Bertz CT molecular complexity index is 686. The third kappa shape index (κ3) is 4.54. The molecule has 0 bridgehead atoms. The molecule has 1 aromatic heterocycles. The molecule has 0 spiro atoms.